The molecule has 6 nitrogen and oxygen atoms in total. The molecule has 0 aliphatic heterocycles. The summed E-state index contributed by atoms with van der Waals surface area (Å²) in [5.41, 5.74) is 2.95. The maximum atomic E-state index is 12.4. The molecule has 0 radical (unpaired) electrons. The molecule has 3 aromatic rings. The number of ether oxygens (including phenoxy) is 1. The smallest absolute Gasteiger partial charge is 0.262 e. The number of aliphatic hydroxyl groups excluding tert-OH is 1. The van der Waals surface area contributed by atoms with Gasteiger partial charge in [0.05, 0.1) is 6.61 Å². The molecule has 0 fully saturated rings. The molecule has 0 bridgehead atoms. The van der Waals surface area contributed by atoms with Gasteiger partial charge < -0.3 is 25.8 Å². The Kier molecular flexibility index (Phi) is 8.84. The van der Waals surface area contributed by atoms with Gasteiger partial charge in [-0.3, -0.25) is 4.79 Å². The fourth-order valence-corrected chi connectivity index (χ4v) is 3.37. The highest BCUT2D eigenvalue weighted by atomic mass is 16.5. The summed E-state index contributed by atoms with van der Waals surface area (Å²) in [4.78, 5) is 12.4. The van der Waals surface area contributed by atoms with E-state index in [9.17, 15) is 4.79 Å². The molecule has 0 atom stereocenters. The standard InChI is InChI=1S/C25H31N3O3/c1-19-7-10-21(11-8-19)28-25(30)18-31-24-12-9-20-5-2-3-6-22(20)23(24)17-27-14-4-13-26-15-16-29/h2-3,5-12,26-27,29H,4,13-18H2,1H3,(H,28,30). The van der Waals surface area contributed by atoms with Crippen molar-refractivity contribution in [3.05, 3.63) is 71.8 Å². The van der Waals surface area contributed by atoms with Gasteiger partial charge in [-0.25, -0.2) is 0 Å². The summed E-state index contributed by atoms with van der Waals surface area (Å²) in [6.07, 6.45) is 0.958. The average Bonchev–Trinajstić information content (AvgIpc) is 2.79. The van der Waals surface area contributed by atoms with Crippen LogP contribution in [0.2, 0.25) is 0 Å². The van der Waals surface area contributed by atoms with Crippen LogP contribution in [0.3, 0.4) is 0 Å². The van der Waals surface area contributed by atoms with Gasteiger partial charge in [0.1, 0.15) is 5.75 Å². The quantitative estimate of drug-likeness (QED) is 0.338. The molecule has 3 aromatic carbocycles. The minimum Gasteiger partial charge on any atom is -0.483 e. The lowest BCUT2D eigenvalue weighted by atomic mass is 10.0. The molecule has 0 unspecified atom stereocenters. The number of aryl methyl sites for hydroxylation is 1. The Bertz CT molecular complexity index is 973. The molecule has 0 spiro atoms. The summed E-state index contributed by atoms with van der Waals surface area (Å²) in [6.45, 7) is 5.07. The zero-order chi connectivity index (χ0) is 21.9. The maximum Gasteiger partial charge on any atom is 0.262 e. The number of hydrogen-bond donors (Lipinski definition) is 4. The van der Waals surface area contributed by atoms with Crippen LogP contribution < -0.4 is 20.7 Å². The highest BCUT2D eigenvalue weighted by molar-refractivity contribution is 5.92. The third kappa shape index (κ3) is 7.07. The van der Waals surface area contributed by atoms with Crippen LogP contribution in [0.5, 0.6) is 5.75 Å². The van der Waals surface area contributed by atoms with E-state index in [-0.39, 0.29) is 19.1 Å². The van der Waals surface area contributed by atoms with Crippen molar-refractivity contribution < 1.29 is 14.6 Å². The lowest BCUT2D eigenvalue weighted by molar-refractivity contribution is -0.118. The molecule has 0 saturated carbocycles. The zero-order valence-corrected chi connectivity index (χ0v) is 18.0. The Balaban J connectivity index is 1.61. The van der Waals surface area contributed by atoms with E-state index in [2.05, 4.69) is 28.1 Å². The SMILES string of the molecule is Cc1ccc(NC(=O)COc2ccc3ccccc3c2CNCCCNCCO)cc1. The van der Waals surface area contributed by atoms with E-state index < -0.39 is 0 Å². The Labute approximate surface area is 183 Å². The van der Waals surface area contributed by atoms with E-state index in [4.69, 9.17) is 9.84 Å². The summed E-state index contributed by atoms with van der Waals surface area (Å²) in [5, 5.41) is 20.6. The minimum atomic E-state index is -0.189. The number of nitrogens with one attached hydrogen (secondary N) is 3. The number of aliphatic hydroxyl groups is 1. The van der Waals surface area contributed by atoms with Crippen LogP contribution in [-0.2, 0) is 11.3 Å². The van der Waals surface area contributed by atoms with E-state index in [1.165, 1.54) is 0 Å². The van der Waals surface area contributed by atoms with Gasteiger partial charge in [0.2, 0.25) is 0 Å². The molecule has 0 heterocycles. The Morgan fingerprint density at radius 3 is 2.52 bits per heavy atom. The van der Waals surface area contributed by atoms with E-state index in [1.807, 2.05) is 55.5 Å². The summed E-state index contributed by atoms with van der Waals surface area (Å²) in [5.74, 6) is 0.523. The van der Waals surface area contributed by atoms with Crippen LogP contribution in [0.1, 0.15) is 17.5 Å². The van der Waals surface area contributed by atoms with Gasteiger partial charge >= 0.3 is 0 Å². The van der Waals surface area contributed by atoms with Crippen LogP contribution in [0.15, 0.2) is 60.7 Å². The maximum absolute atomic E-state index is 12.4. The van der Waals surface area contributed by atoms with Gasteiger partial charge in [-0.15, -0.1) is 0 Å². The lowest BCUT2D eigenvalue weighted by Crippen LogP contribution is -2.24. The van der Waals surface area contributed by atoms with Crippen molar-refractivity contribution in [2.45, 2.75) is 19.9 Å². The van der Waals surface area contributed by atoms with E-state index in [1.54, 1.807) is 0 Å². The monoisotopic (exact) mass is 421 g/mol. The number of rotatable bonds is 12. The second-order valence-corrected chi connectivity index (χ2v) is 7.47. The van der Waals surface area contributed by atoms with Crippen molar-refractivity contribution in [3.63, 3.8) is 0 Å². The molecule has 3 rings (SSSR count). The van der Waals surface area contributed by atoms with E-state index >= 15 is 0 Å². The van der Waals surface area contributed by atoms with Crippen molar-refractivity contribution in [1.82, 2.24) is 10.6 Å². The van der Waals surface area contributed by atoms with Gasteiger partial charge in [0.25, 0.3) is 5.91 Å². The summed E-state index contributed by atoms with van der Waals surface area (Å²) in [7, 11) is 0. The number of hydrogen-bond acceptors (Lipinski definition) is 5. The van der Waals surface area contributed by atoms with Gasteiger partial charge in [-0.2, -0.15) is 0 Å². The highest BCUT2D eigenvalue weighted by Crippen LogP contribution is 2.28. The largest absolute Gasteiger partial charge is 0.483 e. The van der Waals surface area contributed by atoms with Crippen LogP contribution in [0, 0.1) is 6.92 Å². The van der Waals surface area contributed by atoms with Crippen LogP contribution in [0.4, 0.5) is 5.69 Å². The Hall–Kier alpha value is -2.93. The number of benzene rings is 3. The molecule has 0 aromatic heterocycles. The second-order valence-electron chi connectivity index (χ2n) is 7.47. The van der Waals surface area contributed by atoms with Crippen molar-refractivity contribution in [1.29, 1.82) is 0 Å². The molecule has 6 heteroatoms. The average molecular weight is 422 g/mol. The lowest BCUT2D eigenvalue weighted by Gasteiger charge is -2.15. The fraction of sp³-hybridized carbons (Fsp3) is 0.320. The fourth-order valence-electron chi connectivity index (χ4n) is 3.37. The highest BCUT2D eigenvalue weighted by Gasteiger charge is 2.11. The zero-order valence-electron chi connectivity index (χ0n) is 18.0. The van der Waals surface area contributed by atoms with Crippen LogP contribution in [0.25, 0.3) is 10.8 Å². The first kappa shape index (κ1) is 22.7. The minimum absolute atomic E-state index is 0.0513. The Morgan fingerprint density at radius 2 is 1.71 bits per heavy atom. The number of carbonyl (C=O) groups excluding carboxylic acids is 1. The number of anilines is 1. The number of amides is 1. The van der Waals surface area contributed by atoms with Crippen LogP contribution >= 0.6 is 0 Å². The van der Waals surface area contributed by atoms with Crippen LogP contribution in [-0.4, -0.2) is 43.9 Å². The molecule has 164 valence electrons. The van der Waals surface area contributed by atoms with Gasteiger partial charge in [0.15, 0.2) is 6.61 Å². The number of fused-ring (bicyclic) bond motifs is 1. The molecular formula is C25H31N3O3. The van der Waals surface area contributed by atoms with E-state index in [0.717, 1.165) is 47.1 Å². The molecule has 0 aliphatic carbocycles. The molecule has 0 saturated heterocycles. The summed E-state index contributed by atoms with van der Waals surface area (Å²) in [6, 6.07) is 19.8. The first-order valence-corrected chi connectivity index (χ1v) is 10.7. The molecule has 4 N–H and O–H groups in total. The molecule has 1 amide bonds. The van der Waals surface area contributed by atoms with Crippen molar-refractivity contribution in [2.75, 3.05) is 38.2 Å². The topological polar surface area (TPSA) is 82.6 Å². The van der Waals surface area contributed by atoms with Gasteiger partial charge in [-0.05, 0) is 55.4 Å². The predicted molar refractivity (Wildman–Crippen MR) is 126 cm³/mol. The third-order valence-electron chi connectivity index (χ3n) is 4.99. The predicted octanol–water partition coefficient (Wildman–Crippen LogP) is 3.23. The van der Waals surface area contributed by atoms with Crippen molar-refractivity contribution in [3.8, 4) is 5.75 Å². The summed E-state index contributed by atoms with van der Waals surface area (Å²) >= 11 is 0. The molecule has 0 aliphatic rings. The first-order chi connectivity index (χ1) is 15.2. The third-order valence-corrected chi connectivity index (χ3v) is 4.99. The van der Waals surface area contributed by atoms with Crippen molar-refractivity contribution in [2.24, 2.45) is 0 Å². The van der Waals surface area contributed by atoms with E-state index in [0.29, 0.717) is 18.8 Å². The normalized spacial score (nSPS) is 10.9. The van der Waals surface area contributed by atoms with Crippen molar-refractivity contribution >= 4 is 22.4 Å². The Morgan fingerprint density at radius 1 is 0.935 bits per heavy atom. The van der Waals surface area contributed by atoms with Gasteiger partial charge in [-0.1, -0.05) is 48.0 Å². The summed E-state index contributed by atoms with van der Waals surface area (Å²) < 4.78 is 5.92. The first-order valence-electron chi connectivity index (χ1n) is 10.7. The molecule has 31 heavy (non-hydrogen) atoms. The number of carbonyl (C=O) groups is 1. The second kappa shape index (κ2) is 12.1. The van der Waals surface area contributed by atoms with Gasteiger partial charge in [0, 0.05) is 24.3 Å². The molecular weight excluding hydrogens is 390 g/mol.